The second-order valence-electron chi connectivity index (χ2n) is 4.24. The van der Waals surface area contributed by atoms with Gasteiger partial charge in [-0.15, -0.1) is 0 Å². The summed E-state index contributed by atoms with van der Waals surface area (Å²) in [5.74, 6) is 1.74. The Labute approximate surface area is 90.3 Å². The standard InChI is InChI=1S/C11H18N4/c12-11-14-8-13-10(15-11)9-6-4-2-1-3-5-7-9/h8-9H,1-7H2,(H2,12,13,14,15). The minimum absolute atomic E-state index is 0.349. The Bertz CT molecular complexity index is 305. The molecule has 82 valence electrons. The van der Waals surface area contributed by atoms with Gasteiger partial charge in [-0.1, -0.05) is 32.1 Å². The van der Waals surface area contributed by atoms with Crippen LogP contribution in [-0.4, -0.2) is 15.0 Å². The normalized spacial score (nSPS) is 19.5. The lowest BCUT2D eigenvalue weighted by Crippen LogP contribution is -2.09. The summed E-state index contributed by atoms with van der Waals surface area (Å²) in [6, 6.07) is 0. The Hall–Kier alpha value is -1.19. The first-order chi connectivity index (χ1) is 7.36. The summed E-state index contributed by atoms with van der Waals surface area (Å²) < 4.78 is 0. The summed E-state index contributed by atoms with van der Waals surface area (Å²) in [5.41, 5.74) is 5.57. The molecule has 1 fully saturated rings. The van der Waals surface area contributed by atoms with E-state index in [1.54, 1.807) is 0 Å². The molecule has 1 heterocycles. The molecule has 0 unspecified atom stereocenters. The van der Waals surface area contributed by atoms with E-state index in [1.165, 1.54) is 51.3 Å². The van der Waals surface area contributed by atoms with Crippen LogP contribution in [0.2, 0.25) is 0 Å². The van der Waals surface area contributed by atoms with Crippen molar-refractivity contribution < 1.29 is 0 Å². The molecule has 2 rings (SSSR count). The molecule has 0 atom stereocenters. The Morgan fingerprint density at radius 1 is 1.00 bits per heavy atom. The SMILES string of the molecule is Nc1ncnc(C2CCCCCCC2)n1. The number of aromatic nitrogens is 3. The smallest absolute Gasteiger partial charge is 0.223 e. The van der Waals surface area contributed by atoms with Gasteiger partial charge < -0.3 is 5.73 Å². The van der Waals surface area contributed by atoms with Crippen LogP contribution in [0, 0.1) is 0 Å². The summed E-state index contributed by atoms with van der Waals surface area (Å²) in [4.78, 5) is 12.3. The van der Waals surface area contributed by atoms with E-state index in [4.69, 9.17) is 5.73 Å². The van der Waals surface area contributed by atoms with E-state index in [1.807, 2.05) is 0 Å². The second-order valence-corrected chi connectivity index (χ2v) is 4.24. The molecule has 0 aromatic carbocycles. The van der Waals surface area contributed by atoms with Crippen LogP contribution >= 0.6 is 0 Å². The number of nitrogen functional groups attached to an aromatic ring is 1. The predicted molar refractivity (Wildman–Crippen MR) is 59.3 cm³/mol. The molecule has 0 amide bonds. The minimum atomic E-state index is 0.349. The lowest BCUT2D eigenvalue weighted by atomic mass is 9.90. The molecule has 0 aliphatic heterocycles. The fourth-order valence-corrected chi connectivity index (χ4v) is 2.23. The van der Waals surface area contributed by atoms with Gasteiger partial charge in [0.2, 0.25) is 5.95 Å². The summed E-state index contributed by atoms with van der Waals surface area (Å²) in [6.45, 7) is 0. The van der Waals surface area contributed by atoms with Gasteiger partial charge in [0.1, 0.15) is 12.2 Å². The van der Waals surface area contributed by atoms with Crippen molar-refractivity contribution in [3.05, 3.63) is 12.2 Å². The summed E-state index contributed by atoms with van der Waals surface area (Å²) >= 11 is 0. The molecule has 1 aromatic rings. The zero-order valence-electron chi connectivity index (χ0n) is 9.02. The molecule has 2 N–H and O–H groups in total. The maximum Gasteiger partial charge on any atom is 0.223 e. The molecule has 0 saturated heterocycles. The first-order valence-corrected chi connectivity index (χ1v) is 5.80. The molecule has 4 heteroatoms. The Balaban J connectivity index is 2.06. The van der Waals surface area contributed by atoms with E-state index >= 15 is 0 Å². The Kier molecular flexibility index (Phi) is 3.48. The van der Waals surface area contributed by atoms with Crippen molar-refractivity contribution in [3.8, 4) is 0 Å². The zero-order chi connectivity index (χ0) is 10.5. The van der Waals surface area contributed by atoms with E-state index in [9.17, 15) is 0 Å². The van der Waals surface area contributed by atoms with Gasteiger partial charge in [-0.2, -0.15) is 4.98 Å². The monoisotopic (exact) mass is 206 g/mol. The lowest BCUT2D eigenvalue weighted by Gasteiger charge is -2.17. The number of anilines is 1. The maximum atomic E-state index is 5.57. The molecule has 0 bridgehead atoms. The van der Waals surface area contributed by atoms with E-state index in [-0.39, 0.29) is 0 Å². The van der Waals surface area contributed by atoms with Crippen LogP contribution in [0.3, 0.4) is 0 Å². The maximum absolute atomic E-state index is 5.57. The minimum Gasteiger partial charge on any atom is -0.368 e. The highest BCUT2D eigenvalue weighted by atomic mass is 15.1. The average molecular weight is 206 g/mol. The van der Waals surface area contributed by atoms with Crippen LogP contribution in [0.1, 0.15) is 56.7 Å². The van der Waals surface area contributed by atoms with E-state index in [0.717, 1.165) is 5.82 Å². The summed E-state index contributed by atoms with van der Waals surface area (Å²) in [6.07, 6.45) is 10.6. The Morgan fingerprint density at radius 3 is 2.33 bits per heavy atom. The molecule has 0 radical (unpaired) electrons. The molecule has 1 aromatic heterocycles. The number of hydrogen-bond donors (Lipinski definition) is 1. The molecule has 15 heavy (non-hydrogen) atoms. The van der Waals surface area contributed by atoms with E-state index in [0.29, 0.717) is 11.9 Å². The van der Waals surface area contributed by atoms with Crippen molar-refractivity contribution in [1.82, 2.24) is 15.0 Å². The average Bonchev–Trinajstić information content (AvgIpc) is 2.16. The van der Waals surface area contributed by atoms with Crippen molar-refractivity contribution >= 4 is 5.95 Å². The van der Waals surface area contributed by atoms with Gasteiger partial charge in [0.15, 0.2) is 0 Å². The van der Waals surface area contributed by atoms with E-state index in [2.05, 4.69) is 15.0 Å². The molecule has 1 saturated carbocycles. The van der Waals surface area contributed by atoms with Gasteiger partial charge in [-0.3, -0.25) is 0 Å². The number of rotatable bonds is 1. The predicted octanol–water partition coefficient (Wildman–Crippen LogP) is 2.28. The highest BCUT2D eigenvalue weighted by Gasteiger charge is 2.16. The van der Waals surface area contributed by atoms with Gasteiger partial charge in [0, 0.05) is 5.92 Å². The summed E-state index contributed by atoms with van der Waals surface area (Å²) in [7, 11) is 0. The van der Waals surface area contributed by atoms with Crippen molar-refractivity contribution in [2.24, 2.45) is 0 Å². The van der Waals surface area contributed by atoms with E-state index < -0.39 is 0 Å². The van der Waals surface area contributed by atoms with Crippen LogP contribution in [0.15, 0.2) is 6.33 Å². The summed E-state index contributed by atoms with van der Waals surface area (Å²) in [5, 5.41) is 0. The highest BCUT2D eigenvalue weighted by Crippen LogP contribution is 2.28. The van der Waals surface area contributed by atoms with Crippen LogP contribution in [-0.2, 0) is 0 Å². The quantitative estimate of drug-likeness (QED) is 0.765. The van der Waals surface area contributed by atoms with Crippen molar-refractivity contribution in [2.75, 3.05) is 5.73 Å². The molecule has 0 spiro atoms. The third-order valence-corrected chi connectivity index (χ3v) is 3.08. The van der Waals surface area contributed by atoms with Crippen LogP contribution < -0.4 is 5.73 Å². The first-order valence-electron chi connectivity index (χ1n) is 5.80. The van der Waals surface area contributed by atoms with Gasteiger partial charge >= 0.3 is 0 Å². The largest absolute Gasteiger partial charge is 0.368 e. The van der Waals surface area contributed by atoms with Gasteiger partial charge in [-0.05, 0) is 12.8 Å². The van der Waals surface area contributed by atoms with Crippen LogP contribution in [0.25, 0.3) is 0 Å². The number of hydrogen-bond acceptors (Lipinski definition) is 4. The molecule has 1 aliphatic rings. The Morgan fingerprint density at radius 2 is 1.67 bits per heavy atom. The van der Waals surface area contributed by atoms with Crippen molar-refractivity contribution in [1.29, 1.82) is 0 Å². The number of nitrogens with zero attached hydrogens (tertiary/aromatic N) is 3. The third kappa shape index (κ3) is 2.88. The zero-order valence-corrected chi connectivity index (χ0v) is 9.02. The molecule has 1 aliphatic carbocycles. The topological polar surface area (TPSA) is 64.7 Å². The van der Waals surface area contributed by atoms with Crippen molar-refractivity contribution in [2.45, 2.75) is 50.9 Å². The van der Waals surface area contributed by atoms with Crippen molar-refractivity contribution in [3.63, 3.8) is 0 Å². The second kappa shape index (κ2) is 5.05. The first kappa shape index (κ1) is 10.3. The molecule has 4 nitrogen and oxygen atoms in total. The highest BCUT2D eigenvalue weighted by molar-refractivity contribution is 5.14. The molecular weight excluding hydrogens is 188 g/mol. The van der Waals surface area contributed by atoms with Crippen LogP contribution in [0.5, 0.6) is 0 Å². The fraction of sp³-hybridized carbons (Fsp3) is 0.727. The van der Waals surface area contributed by atoms with Crippen LogP contribution in [0.4, 0.5) is 5.95 Å². The number of nitrogens with two attached hydrogens (primary N) is 1. The fourth-order valence-electron chi connectivity index (χ4n) is 2.23. The lowest BCUT2D eigenvalue weighted by molar-refractivity contribution is 0.442. The van der Waals surface area contributed by atoms with Gasteiger partial charge in [0.05, 0.1) is 0 Å². The van der Waals surface area contributed by atoms with Gasteiger partial charge in [-0.25, -0.2) is 9.97 Å². The third-order valence-electron chi connectivity index (χ3n) is 3.08. The molecular formula is C11H18N4. The van der Waals surface area contributed by atoms with Gasteiger partial charge in [0.25, 0.3) is 0 Å².